The van der Waals surface area contributed by atoms with Gasteiger partial charge in [0, 0.05) is 76.5 Å². The van der Waals surface area contributed by atoms with E-state index in [0.29, 0.717) is 51.2 Å². The van der Waals surface area contributed by atoms with Gasteiger partial charge in [-0.05, 0) is 92.8 Å². The minimum absolute atomic E-state index is 0.0357. The highest BCUT2D eigenvalue weighted by molar-refractivity contribution is 6.31. The van der Waals surface area contributed by atoms with Gasteiger partial charge in [-0.1, -0.05) is 11.6 Å². The third-order valence-corrected chi connectivity index (χ3v) is 13.3. The van der Waals surface area contributed by atoms with Crippen LogP contribution in [0.4, 0.5) is 15.9 Å². The van der Waals surface area contributed by atoms with Crippen molar-refractivity contribution in [2.75, 3.05) is 55.6 Å². The number of benzene rings is 2. The molecule has 4 amide bonds. The lowest BCUT2D eigenvalue weighted by Crippen LogP contribution is -2.52. The Morgan fingerprint density at radius 1 is 0.828 bits per heavy atom. The van der Waals surface area contributed by atoms with Gasteiger partial charge in [-0.15, -0.1) is 0 Å². The quantitative estimate of drug-likeness (QED) is 0.313. The number of imide groups is 1. The maximum absolute atomic E-state index is 15.5. The predicted molar refractivity (Wildman–Crippen MR) is 213 cm³/mol. The number of hydrogen-bond donors (Lipinski definition) is 1. The first-order chi connectivity index (χ1) is 28.1. The average molecular weight is 809 g/mol. The summed E-state index contributed by atoms with van der Waals surface area (Å²) in [4.78, 5) is 66.0. The van der Waals surface area contributed by atoms with E-state index in [-0.39, 0.29) is 49.3 Å². The lowest BCUT2D eigenvalue weighted by Gasteiger charge is -2.39. The van der Waals surface area contributed by atoms with Crippen LogP contribution < -0.4 is 19.9 Å². The molecule has 0 radical (unpaired) electrons. The molecule has 1 N–H and O–H groups in total. The van der Waals surface area contributed by atoms with Gasteiger partial charge in [0.1, 0.15) is 29.5 Å². The molecule has 3 aromatic rings. The molecule has 6 aliphatic rings. The second-order valence-corrected chi connectivity index (χ2v) is 16.9. The second kappa shape index (κ2) is 15.8. The largest absolute Gasteiger partial charge is 0.490 e. The average Bonchev–Trinajstić information content (AvgIpc) is 3.73. The van der Waals surface area contributed by atoms with Crippen LogP contribution >= 0.6 is 11.6 Å². The van der Waals surface area contributed by atoms with Crippen LogP contribution in [-0.4, -0.2) is 107 Å². The Hall–Kier alpha value is -5.26. The third-order valence-electron chi connectivity index (χ3n) is 13.0. The summed E-state index contributed by atoms with van der Waals surface area (Å²) in [5.41, 5.74) is 3.47. The van der Waals surface area contributed by atoms with Gasteiger partial charge >= 0.3 is 0 Å². The highest BCUT2D eigenvalue weighted by atomic mass is 35.5. The van der Waals surface area contributed by atoms with E-state index in [9.17, 15) is 19.2 Å². The zero-order valence-electron chi connectivity index (χ0n) is 32.3. The Labute approximate surface area is 341 Å². The number of hydrogen-bond acceptors (Lipinski definition) is 10. The van der Waals surface area contributed by atoms with E-state index in [1.54, 1.807) is 24.3 Å². The zero-order valence-corrected chi connectivity index (χ0v) is 33.1. The Morgan fingerprint density at radius 3 is 2.31 bits per heavy atom. The Kier molecular flexibility index (Phi) is 10.4. The molecule has 9 rings (SSSR count). The summed E-state index contributed by atoms with van der Waals surface area (Å²) < 4.78 is 21.6. The minimum Gasteiger partial charge on any atom is -0.490 e. The number of nitrogens with one attached hydrogen (secondary N) is 1. The topological polar surface area (TPSA) is 142 Å². The highest BCUT2D eigenvalue weighted by Crippen LogP contribution is 2.36. The first-order valence-electron chi connectivity index (χ1n) is 20.5. The van der Waals surface area contributed by atoms with Crippen LogP contribution in [0.1, 0.15) is 88.9 Å². The fraction of sp³-hybridized carbons (Fsp3) is 0.488. The molecule has 13 nitrogen and oxygen atoms in total. The first kappa shape index (κ1) is 38.3. The second-order valence-electron chi connectivity index (χ2n) is 16.5. The molecule has 4 fully saturated rings. The summed E-state index contributed by atoms with van der Waals surface area (Å²) in [7, 11) is 0. The number of carbonyl (C=O) groups is 4. The molecule has 1 aliphatic carbocycles. The Balaban J connectivity index is 0.731. The van der Waals surface area contributed by atoms with Gasteiger partial charge in [0.2, 0.25) is 11.8 Å². The van der Waals surface area contributed by atoms with E-state index < -0.39 is 17.8 Å². The number of anilines is 2. The predicted octanol–water partition coefficient (Wildman–Crippen LogP) is 4.89. The number of ether oxygens (including phenoxy) is 1. The van der Waals surface area contributed by atoms with E-state index in [1.165, 1.54) is 11.0 Å². The van der Waals surface area contributed by atoms with Gasteiger partial charge in [0.25, 0.3) is 11.8 Å². The van der Waals surface area contributed by atoms with Crippen molar-refractivity contribution >= 4 is 46.7 Å². The molecule has 1 atom stereocenters. The molecular weight excluding hydrogens is 763 g/mol. The number of carbonyl (C=O) groups excluding carboxylic acids is 4. The van der Waals surface area contributed by atoms with Crippen molar-refractivity contribution in [3.05, 3.63) is 81.3 Å². The third kappa shape index (κ3) is 7.46. The van der Waals surface area contributed by atoms with Gasteiger partial charge in [0.15, 0.2) is 0 Å². The zero-order chi connectivity index (χ0) is 40.1. The van der Waals surface area contributed by atoms with Crippen molar-refractivity contribution in [2.45, 2.75) is 82.6 Å². The summed E-state index contributed by atoms with van der Waals surface area (Å²) in [6.07, 6.45) is 5.72. The van der Waals surface area contributed by atoms with Gasteiger partial charge in [0.05, 0.1) is 40.2 Å². The monoisotopic (exact) mass is 808 g/mol. The number of halogens is 2. The van der Waals surface area contributed by atoms with Crippen LogP contribution in [-0.2, 0) is 22.7 Å². The smallest absolute Gasteiger partial charge is 0.256 e. The fourth-order valence-corrected chi connectivity index (χ4v) is 9.90. The van der Waals surface area contributed by atoms with Crippen molar-refractivity contribution < 1.29 is 28.3 Å². The molecule has 1 saturated carbocycles. The summed E-state index contributed by atoms with van der Waals surface area (Å²) in [5.74, 6) is 0.518. The number of piperazine rings is 1. The summed E-state index contributed by atoms with van der Waals surface area (Å²) in [6, 6.07) is 13.6. The molecule has 2 aromatic carbocycles. The maximum atomic E-state index is 15.5. The molecule has 1 aromatic heterocycles. The number of nitrogens with zero attached hydrogens (tertiary/aromatic N) is 7. The molecule has 1 unspecified atom stereocenters. The lowest BCUT2D eigenvalue weighted by molar-refractivity contribution is -0.136. The van der Waals surface area contributed by atoms with E-state index in [4.69, 9.17) is 26.6 Å². The number of nitriles is 1. The van der Waals surface area contributed by atoms with Crippen LogP contribution in [0, 0.1) is 23.1 Å². The van der Waals surface area contributed by atoms with Gasteiger partial charge < -0.3 is 24.3 Å². The molecule has 5 aliphatic heterocycles. The SMILES string of the molecule is N#Cc1ccc(OC2CCC(N3Cc4nc(N5CCN(CC6CCN(c7cc8c(cc7F)C(=O)N(C7CCC(=O)NC7=O)C8)CC6)CC5)ccc4C3=O)CC2)cc1Cl. The molecule has 6 heterocycles. The molecule has 58 heavy (non-hydrogen) atoms. The van der Waals surface area contributed by atoms with E-state index in [0.717, 1.165) is 95.9 Å². The number of aromatic nitrogens is 1. The molecule has 0 bridgehead atoms. The van der Waals surface area contributed by atoms with Crippen LogP contribution in [0.15, 0.2) is 42.5 Å². The minimum atomic E-state index is -0.726. The summed E-state index contributed by atoms with van der Waals surface area (Å²) >= 11 is 6.19. The molecule has 0 spiro atoms. The number of amides is 4. The van der Waals surface area contributed by atoms with Gasteiger partial charge in [-0.25, -0.2) is 9.37 Å². The van der Waals surface area contributed by atoms with Crippen molar-refractivity contribution in [1.29, 1.82) is 5.26 Å². The number of fused-ring (bicyclic) bond motifs is 2. The van der Waals surface area contributed by atoms with E-state index in [2.05, 4.69) is 26.1 Å². The van der Waals surface area contributed by atoms with Gasteiger partial charge in [-0.3, -0.25) is 29.4 Å². The molecular formula is C43H46ClFN8O5. The first-order valence-corrected chi connectivity index (χ1v) is 20.9. The summed E-state index contributed by atoms with van der Waals surface area (Å²) in [5, 5.41) is 11.8. The molecule has 302 valence electrons. The van der Waals surface area contributed by atoms with Crippen LogP contribution in [0.25, 0.3) is 0 Å². The fourth-order valence-electron chi connectivity index (χ4n) is 9.69. The normalized spacial score (nSPS) is 24.2. The number of pyridine rings is 1. The standard InChI is InChI=1S/C43H46ClFN8O5/c44-34-20-31(4-1-27(34)22-46)58-30-5-2-29(3-6-30)52-25-36-32(42(52)56)7-9-39(47-36)51-17-15-49(16-18-51)23-26-11-13-50(14-12-26)38-19-28-24-53(43(57)33(28)21-35(38)45)37-8-10-40(54)48-41(37)55/h1,4,7,9,19-21,26,29-30,37H,2-3,5-6,8,10-18,23-25H2,(H,48,54,55). The Bertz CT molecular complexity index is 2190. The van der Waals surface area contributed by atoms with Crippen LogP contribution in [0.2, 0.25) is 5.02 Å². The van der Waals surface area contributed by atoms with Crippen molar-refractivity contribution in [3.63, 3.8) is 0 Å². The van der Waals surface area contributed by atoms with Crippen molar-refractivity contribution in [3.8, 4) is 11.8 Å². The molecule has 15 heteroatoms. The van der Waals surface area contributed by atoms with E-state index >= 15 is 4.39 Å². The number of piperidine rings is 2. The summed E-state index contributed by atoms with van der Waals surface area (Å²) in [6.45, 7) is 6.73. The van der Waals surface area contributed by atoms with Crippen LogP contribution in [0.3, 0.4) is 0 Å². The van der Waals surface area contributed by atoms with Crippen molar-refractivity contribution in [1.82, 2.24) is 25.0 Å². The van der Waals surface area contributed by atoms with Crippen molar-refractivity contribution in [2.24, 2.45) is 5.92 Å². The number of rotatable bonds is 8. The highest BCUT2D eigenvalue weighted by Gasteiger charge is 2.41. The molecule has 3 saturated heterocycles. The van der Waals surface area contributed by atoms with Gasteiger partial charge in [-0.2, -0.15) is 5.26 Å². The lowest BCUT2D eigenvalue weighted by atomic mass is 9.92. The van der Waals surface area contributed by atoms with E-state index in [1.807, 2.05) is 17.0 Å². The van der Waals surface area contributed by atoms with Crippen LogP contribution in [0.5, 0.6) is 5.75 Å². The Morgan fingerprint density at radius 2 is 1.59 bits per heavy atom. The maximum Gasteiger partial charge on any atom is 0.256 e.